The van der Waals surface area contributed by atoms with Crippen LogP contribution in [0.4, 0.5) is 13.2 Å². The van der Waals surface area contributed by atoms with Gasteiger partial charge in [-0.1, -0.05) is 6.07 Å². The highest BCUT2D eigenvalue weighted by atomic mass is 19.4. The first-order valence-electron chi connectivity index (χ1n) is 5.56. The highest BCUT2D eigenvalue weighted by Crippen LogP contribution is 2.34. The Labute approximate surface area is 107 Å². The molecule has 2 aromatic rings. The molecule has 0 aliphatic rings. The number of hydrogen-bond donors (Lipinski definition) is 1. The van der Waals surface area contributed by atoms with E-state index in [4.69, 9.17) is 14.9 Å². The van der Waals surface area contributed by atoms with E-state index >= 15 is 0 Å². The molecule has 1 aromatic carbocycles. The second-order valence-corrected chi connectivity index (χ2v) is 3.89. The fraction of sp³-hybridized carbons (Fsp3) is 0.231. The molecule has 0 saturated heterocycles. The summed E-state index contributed by atoms with van der Waals surface area (Å²) < 4.78 is 48.7. The Morgan fingerprint density at radius 3 is 2.58 bits per heavy atom. The summed E-state index contributed by atoms with van der Waals surface area (Å²) in [7, 11) is 0. The van der Waals surface area contributed by atoms with Crippen molar-refractivity contribution >= 4 is 0 Å². The number of halogens is 3. The Hall–Kier alpha value is -1.95. The van der Waals surface area contributed by atoms with Crippen LogP contribution >= 0.6 is 0 Å². The summed E-state index contributed by atoms with van der Waals surface area (Å²) in [6, 6.07) is 7.09. The minimum absolute atomic E-state index is 0.0397. The van der Waals surface area contributed by atoms with Gasteiger partial charge in [-0.3, -0.25) is 0 Å². The largest absolute Gasteiger partial charge is 0.486 e. The van der Waals surface area contributed by atoms with Gasteiger partial charge in [0.2, 0.25) is 0 Å². The average Bonchev–Trinajstić information content (AvgIpc) is 2.88. The summed E-state index contributed by atoms with van der Waals surface area (Å²) >= 11 is 0. The van der Waals surface area contributed by atoms with E-state index in [0.717, 1.165) is 6.07 Å². The van der Waals surface area contributed by atoms with E-state index in [1.807, 2.05) is 0 Å². The van der Waals surface area contributed by atoms with E-state index in [1.54, 1.807) is 12.1 Å². The van der Waals surface area contributed by atoms with Crippen molar-refractivity contribution in [2.45, 2.75) is 19.3 Å². The zero-order valence-electron chi connectivity index (χ0n) is 9.91. The number of alkyl halides is 3. The van der Waals surface area contributed by atoms with Gasteiger partial charge in [0.05, 0.1) is 11.8 Å². The van der Waals surface area contributed by atoms with Gasteiger partial charge in [-0.05, 0) is 29.8 Å². The first kappa shape index (κ1) is 13.5. The lowest BCUT2D eigenvalue weighted by Crippen LogP contribution is -2.12. The van der Waals surface area contributed by atoms with Gasteiger partial charge >= 0.3 is 6.18 Å². The number of rotatable bonds is 4. The lowest BCUT2D eigenvalue weighted by atomic mass is 10.1. The smallest absolute Gasteiger partial charge is 0.416 e. The van der Waals surface area contributed by atoms with E-state index < -0.39 is 11.7 Å². The molecule has 0 aliphatic heterocycles. The molecule has 3 nitrogen and oxygen atoms in total. The maximum Gasteiger partial charge on any atom is 0.416 e. The van der Waals surface area contributed by atoms with Gasteiger partial charge in [0, 0.05) is 6.54 Å². The summed E-state index contributed by atoms with van der Waals surface area (Å²) in [6.07, 6.45) is -2.98. The molecular formula is C13H12F3NO2. The van der Waals surface area contributed by atoms with Crippen molar-refractivity contribution in [3.63, 3.8) is 0 Å². The molecule has 102 valence electrons. The molecule has 19 heavy (non-hydrogen) atoms. The molecule has 6 heteroatoms. The van der Waals surface area contributed by atoms with Crippen molar-refractivity contribution in [2.75, 3.05) is 0 Å². The van der Waals surface area contributed by atoms with Crippen LogP contribution in [0.2, 0.25) is 0 Å². The molecule has 1 heterocycles. The van der Waals surface area contributed by atoms with Crippen molar-refractivity contribution in [1.29, 1.82) is 0 Å². The predicted molar refractivity (Wildman–Crippen MR) is 62.4 cm³/mol. The molecule has 0 spiro atoms. The Morgan fingerprint density at radius 1 is 1.21 bits per heavy atom. The first-order valence-corrected chi connectivity index (χ1v) is 5.56. The van der Waals surface area contributed by atoms with E-state index in [9.17, 15) is 13.2 Å². The van der Waals surface area contributed by atoms with Crippen LogP contribution in [0.5, 0.6) is 5.75 Å². The Kier molecular flexibility index (Phi) is 3.80. The zero-order valence-corrected chi connectivity index (χ0v) is 9.91. The van der Waals surface area contributed by atoms with Gasteiger partial charge in [-0.25, -0.2) is 0 Å². The van der Waals surface area contributed by atoms with Crippen molar-refractivity contribution in [3.8, 4) is 5.75 Å². The molecule has 1 aromatic heterocycles. The molecular weight excluding hydrogens is 259 g/mol. The predicted octanol–water partition coefficient (Wildman–Crippen LogP) is 3.34. The van der Waals surface area contributed by atoms with Gasteiger partial charge in [-0.2, -0.15) is 13.2 Å². The number of benzene rings is 1. The second-order valence-electron chi connectivity index (χ2n) is 3.89. The van der Waals surface area contributed by atoms with E-state index in [0.29, 0.717) is 5.76 Å². The highest BCUT2D eigenvalue weighted by molar-refractivity contribution is 5.37. The van der Waals surface area contributed by atoms with Crippen molar-refractivity contribution in [2.24, 2.45) is 5.73 Å². The van der Waals surface area contributed by atoms with Crippen LogP contribution in [-0.2, 0) is 19.3 Å². The first-order chi connectivity index (χ1) is 9.00. The molecule has 0 aliphatic carbocycles. The third-order valence-electron chi connectivity index (χ3n) is 2.57. The molecule has 0 amide bonds. The van der Waals surface area contributed by atoms with Crippen LogP contribution in [0.3, 0.4) is 0 Å². The molecule has 0 atom stereocenters. The Bertz CT molecular complexity index is 535. The second kappa shape index (κ2) is 5.36. The molecule has 0 bridgehead atoms. The van der Waals surface area contributed by atoms with Gasteiger partial charge in [0.25, 0.3) is 0 Å². The van der Waals surface area contributed by atoms with Crippen LogP contribution < -0.4 is 10.5 Å². The van der Waals surface area contributed by atoms with Crippen LogP contribution in [-0.4, -0.2) is 0 Å². The number of ether oxygens (including phenoxy) is 1. The van der Waals surface area contributed by atoms with Gasteiger partial charge in [0.15, 0.2) is 0 Å². The van der Waals surface area contributed by atoms with Gasteiger partial charge in [-0.15, -0.1) is 0 Å². The van der Waals surface area contributed by atoms with E-state index in [1.165, 1.54) is 18.4 Å². The van der Waals surface area contributed by atoms with Crippen molar-refractivity contribution < 1.29 is 22.3 Å². The standard InChI is InChI=1S/C13H12F3NO2/c14-13(15,16)12-6-10(4-3-9(12)7-17)19-8-11-2-1-5-18-11/h1-6H,7-8,17H2. The highest BCUT2D eigenvalue weighted by Gasteiger charge is 2.33. The summed E-state index contributed by atoms with van der Waals surface area (Å²) in [5.74, 6) is 0.664. The van der Waals surface area contributed by atoms with Crippen LogP contribution in [0, 0.1) is 0 Å². The average molecular weight is 271 g/mol. The topological polar surface area (TPSA) is 48.4 Å². The SMILES string of the molecule is NCc1ccc(OCc2ccco2)cc1C(F)(F)F. The minimum atomic E-state index is -4.45. The molecule has 0 fully saturated rings. The fourth-order valence-electron chi connectivity index (χ4n) is 1.64. The zero-order chi connectivity index (χ0) is 13.9. The minimum Gasteiger partial charge on any atom is -0.486 e. The Balaban J connectivity index is 2.18. The molecule has 0 unspecified atom stereocenters. The van der Waals surface area contributed by atoms with Crippen molar-refractivity contribution in [3.05, 3.63) is 53.5 Å². The van der Waals surface area contributed by atoms with E-state index in [-0.39, 0.29) is 24.5 Å². The van der Waals surface area contributed by atoms with Crippen LogP contribution in [0.25, 0.3) is 0 Å². The number of nitrogens with two attached hydrogens (primary N) is 1. The van der Waals surface area contributed by atoms with Gasteiger partial charge < -0.3 is 14.9 Å². The summed E-state index contributed by atoms with van der Waals surface area (Å²) in [6.45, 7) is -0.0976. The lowest BCUT2D eigenvalue weighted by molar-refractivity contribution is -0.138. The van der Waals surface area contributed by atoms with Crippen molar-refractivity contribution in [1.82, 2.24) is 0 Å². The number of furan rings is 1. The Morgan fingerprint density at radius 2 is 2.00 bits per heavy atom. The molecule has 2 N–H and O–H groups in total. The monoisotopic (exact) mass is 271 g/mol. The normalized spacial score (nSPS) is 11.6. The van der Waals surface area contributed by atoms with Crippen LogP contribution in [0.1, 0.15) is 16.9 Å². The van der Waals surface area contributed by atoms with Crippen LogP contribution in [0.15, 0.2) is 41.0 Å². The molecule has 2 rings (SSSR count). The van der Waals surface area contributed by atoms with E-state index in [2.05, 4.69) is 0 Å². The maximum atomic E-state index is 12.8. The fourth-order valence-corrected chi connectivity index (χ4v) is 1.64. The maximum absolute atomic E-state index is 12.8. The summed E-state index contributed by atoms with van der Waals surface area (Å²) in [5, 5.41) is 0. The van der Waals surface area contributed by atoms with Gasteiger partial charge in [0.1, 0.15) is 18.1 Å². The molecule has 0 radical (unpaired) electrons. The quantitative estimate of drug-likeness (QED) is 0.927. The summed E-state index contributed by atoms with van der Waals surface area (Å²) in [4.78, 5) is 0. The third kappa shape index (κ3) is 3.29. The molecule has 0 saturated carbocycles. The third-order valence-corrected chi connectivity index (χ3v) is 2.57. The summed E-state index contributed by atoms with van der Waals surface area (Å²) in [5.41, 5.74) is 4.56. The number of hydrogen-bond acceptors (Lipinski definition) is 3. The lowest BCUT2D eigenvalue weighted by Gasteiger charge is -2.13.